The summed E-state index contributed by atoms with van der Waals surface area (Å²) in [6.07, 6.45) is 2.59. The molecule has 0 unspecified atom stereocenters. The number of carbonyl (C=O) groups excluding carboxylic acids is 2. The van der Waals surface area contributed by atoms with Gasteiger partial charge >= 0.3 is 5.97 Å². The van der Waals surface area contributed by atoms with Crippen LogP contribution in [0.1, 0.15) is 40.0 Å². The minimum atomic E-state index is -3.81. The fourth-order valence-electron chi connectivity index (χ4n) is 3.76. The number of rotatable bonds is 6. The van der Waals surface area contributed by atoms with Crippen molar-refractivity contribution >= 4 is 32.5 Å². The second-order valence-corrected chi connectivity index (χ2v) is 9.43. The molecular weight excluding hydrogens is 414 g/mol. The predicted octanol–water partition coefficient (Wildman–Crippen LogP) is 4.05. The summed E-state index contributed by atoms with van der Waals surface area (Å²) in [5.41, 5.74) is 0.375. The van der Waals surface area contributed by atoms with Gasteiger partial charge in [-0.2, -0.15) is 4.31 Å². The third-order valence-corrected chi connectivity index (χ3v) is 7.40. The van der Waals surface area contributed by atoms with E-state index in [0.717, 1.165) is 30.0 Å². The molecule has 1 saturated heterocycles. The number of sulfonamides is 1. The van der Waals surface area contributed by atoms with E-state index >= 15 is 0 Å². The number of fused-ring (bicyclic) bond motifs is 1. The van der Waals surface area contributed by atoms with Gasteiger partial charge < -0.3 is 4.74 Å². The van der Waals surface area contributed by atoms with Crippen LogP contribution >= 0.6 is 0 Å². The molecule has 0 amide bonds. The van der Waals surface area contributed by atoms with Gasteiger partial charge in [-0.15, -0.1) is 0 Å². The summed E-state index contributed by atoms with van der Waals surface area (Å²) in [7, 11) is -3.81. The van der Waals surface area contributed by atoms with Crippen LogP contribution in [-0.4, -0.2) is 44.2 Å². The zero-order valence-electron chi connectivity index (χ0n) is 17.0. The number of ketones is 1. The van der Waals surface area contributed by atoms with Crippen molar-refractivity contribution in [3.8, 4) is 0 Å². The molecule has 31 heavy (non-hydrogen) atoms. The Labute approximate surface area is 181 Å². The van der Waals surface area contributed by atoms with Crippen LogP contribution in [0.15, 0.2) is 71.6 Å². The molecule has 0 saturated carbocycles. The molecule has 0 spiro atoms. The summed E-state index contributed by atoms with van der Waals surface area (Å²) < 4.78 is 32.7. The lowest BCUT2D eigenvalue weighted by atomic mass is 10.0. The van der Waals surface area contributed by atoms with Crippen LogP contribution in [0.2, 0.25) is 0 Å². The largest absolute Gasteiger partial charge is 0.454 e. The molecule has 4 rings (SSSR count). The number of piperidine rings is 1. The number of Topliss-reactive ketones (excluding diaryl/α,β-unsaturated/α-hetero) is 1. The van der Waals surface area contributed by atoms with Crippen molar-refractivity contribution in [2.75, 3.05) is 19.7 Å². The van der Waals surface area contributed by atoms with E-state index in [2.05, 4.69) is 0 Å². The van der Waals surface area contributed by atoms with E-state index < -0.39 is 22.6 Å². The minimum absolute atomic E-state index is 0.0561. The van der Waals surface area contributed by atoms with Crippen LogP contribution in [0.5, 0.6) is 0 Å². The molecule has 0 bridgehead atoms. The van der Waals surface area contributed by atoms with Crippen molar-refractivity contribution in [3.05, 3.63) is 77.9 Å². The zero-order valence-corrected chi connectivity index (χ0v) is 17.8. The lowest BCUT2D eigenvalue weighted by Crippen LogP contribution is -2.36. The quantitative estimate of drug-likeness (QED) is 0.429. The molecule has 3 aromatic rings. The highest BCUT2D eigenvalue weighted by atomic mass is 32.2. The van der Waals surface area contributed by atoms with Gasteiger partial charge in [-0.1, -0.05) is 55.0 Å². The maximum atomic E-state index is 13.0. The smallest absolute Gasteiger partial charge is 0.339 e. The van der Waals surface area contributed by atoms with Crippen molar-refractivity contribution in [1.29, 1.82) is 0 Å². The highest BCUT2D eigenvalue weighted by Crippen LogP contribution is 2.24. The highest BCUT2D eigenvalue weighted by Gasteiger charge is 2.30. The Balaban J connectivity index is 1.50. The first kappa shape index (κ1) is 21.2. The molecule has 7 heteroatoms. The molecular formula is C24H23NO5S. The Bertz CT molecular complexity index is 1230. The molecule has 0 N–H and O–H groups in total. The Morgan fingerprint density at radius 3 is 2.29 bits per heavy atom. The normalized spacial score (nSPS) is 15.0. The molecule has 0 radical (unpaired) electrons. The molecule has 1 heterocycles. The standard InChI is InChI=1S/C24H23NO5S/c26-22(20-13-12-18-8-2-3-9-19(18)16-20)17-30-24(27)21-10-4-5-11-23(21)31(28,29)25-14-6-1-7-15-25/h2-5,8-13,16H,1,6-7,14-15,17H2. The van der Waals surface area contributed by atoms with Crippen molar-refractivity contribution in [2.45, 2.75) is 24.2 Å². The summed E-state index contributed by atoms with van der Waals surface area (Å²) in [4.78, 5) is 25.2. The van der Waals surface area contributed by atoms with E-state index in [1.807, 2.05) is 30.3 Å². The zero-order chi connectivity index (χ0) is 21.8. The molecule has 3 aromatic carbocycles. The van der Waals surface area contributed by atoms with Gasteiger partial charge in [0, 0.05) is 18.7 Å². The minimum Gasteiger partial charge on any atom is -0.454 e. The SMILES string of the molecule is O=C(COC(=O)c1ccccc1S(=O)(=O)N1CCCCC1)c1ccc2ccccc2c1. The number of nitrogens with zero attached hydrogens (tertiary/aromatic N) is 1. The molecule has 0 aromatic heterocycles. The highest BCUT2D eigenvalue weighted by molar-refractivity contribution is 7.89. The van der Waals surface area contributed by atoms with Gasteiger partial charge in [0.15, 0.2) is 12.4 Å². The van der Waals surface area contributed by atoms with E-state index in [9.17, 15) is 18.0 Å². The Morgan fingerprint density at radius 1 is 0.839 bits per heavy atom. The van der Waals surface area contributed by atoms with Crippen molar-refractivity contribution in [2.24, 2.45) is 0 Å². The summed E-state index contributed by atoms with van der Waals surface area (Å²) in [5, 5.41) is 1.92. The third kappa shape index (κ3) is 4.52. The van der Waals surface area contributed by atoms with E-state index in [0.29, 0.717) is 18.7 Å². The topological polar surface area (TPSA) is 80.8 Å². The molecule has 1 aliphatic heterocycles. The fraction of sp³-hybridized carbons (Fsp3) is 0.250. The van der Waals surface area contributed by atoms with Crippen molar-refractivity contribution < 1.29 is 22.7 Å². The van der Waals surface area contributed by atoms with E-state index in [1.54, 1.807) is 24.3 Å². The number of hydrogen-bond donors (Lipinski definition) is 0. The van der Waals surface area contributed by atoms with Crippen molar-refractivity contribution in [3.63, 3.8) is 0 Å². The van der Waals surface area contributed by atoms with Gasteiger partial charge in [-0.25, -0.2) is 13.2 Å². The monoisotopic (exact) mass is 437 g/mol. The lowest BCUT2D eigenvalue weighted by Gasteiger charge is -2.26. The van der Waals surface area contributed by atoms with Crippen LogP contribution in [-0.2, 0) is 14.8 Å². The van der Waals surface area contributed by atoms with Gasteiger partial charge in [0.2, 0.25) is 10.0 Å². The van der Waals surface area contributed by atoms with Crippen LogP contribution in [0.4, 0.5) is 0 Å². The van der Waals surface area contributed by atoms with Gasteiger partial charge in [0.25, 0.3) is 0 Å². The van der Waals surface area contributed by atoms with E-state index in [-0.39, 0.29) is 16.2 Å². The molecule has 160 valence electrons. The number of carbonyl (C=O) groups is 2. The number of hydrogen-bond acceptors (Lipinski definition) is 5. The lowest BCUT2D eigenvalue weighted by molar-refractivity contribution is 0.0471. The van der Waals surface area contributed by atoms with E-state index in [1.165, 1.54) is 16.4 Å². The molecule has 0 atom stereocenters. The first-order valence-corrected chi connectivity index (χ1v) is 11.7. The first-order valence-electron chi connectivity index (χ1n) is 10.2. The van der Waals surface area contributed by atoms with Gasteiger partial charge in [0.1, 0.15) is 0 Å². The predicted molar refractivity (Wildman–Crippen MR) is 118 cm³/mol. The summed E-state index contributed by atoms with van der Waals surface area (Å²) in [6.45, 7) is 0.410. The summed E-state index contributed by atoms with van der Waals surface area (Å²) >= 11 is 0. The number of benzene rings is 3. The number of esters is 1. The van der Waals surface area contributed by atoms with Crippen LogP contribution in [0, 0.1) is 0 Å². The van der Waals surface area contributed by atoms with Crippen LogP contribution in [0.3, 0.4) is 0 Å². The fourth-order valence-corrected chi connectivity index (χ4v) is 5.46. The molecule has 1 aliphatic rings. The summed E-state index contributed by atoms with van der Waals surface area (Å²) in [5.74, 6) is -1.18. The number of ether oxygens (including phenoxy) is 1. The second-order valence-electron chi connectivity index (χ2n) is 7.52. The van der Waals surface area contributed by atoms with Crippen LogP contribution in [0.25, 0.3) is 10.8 Å². The van der Waals surface area contributed by atoms with Gasteiger partial charge in [0.05, 0.1) is 10.5 Å². The van der Waals surface area contributed by atoms with Crippen molar-refractivity contribution in [1.82, 2.24) is 4.31 Å². The summed E-state index contributed by atoms with van der Waals surface area (Å²) in [6, 6.07) is 18.9. The molecule has 1 fully saturated rings. The second kappa shape index (κ2) is 8.99. The van der Waals surface area contributed by atoms with E-state index in [4.69, 9.17) is 4.74 Å². The third-order valence-electron chi connectivity index (χ3n) is 5.45. The van der Waals surface area contributed by atoms with Gasteiger partial charge in [-0.05, 0) is 41.8 Å². The Hall–Kier alpha value is -3.03. The van der Waals surface area contributed by atoms with Gasteiger partial charge in [-0.3, -0.25) is 4.79 Å². The molecule has 0 aliphatic carbocycles. The Morgan fingerprint density at radius 2 is 1.52 bits per heavy atom. The maximum Gasteiger partial charge on any atom is 0.339 e. The van der Waals surface area contributed by atoms with Crippen LogP contribution < -0.4 is 0 Å². The average molecular weight is 438 g/mol. The maximum absolute atomic E-state index is 13.0. The first-order chi connectivity index (χ1) is 15.0. The molecule has 6 nitrogen and oxygen atoms in total. The average Bonchev–Trinajstić information content (AvgIpc) is 2.82. The Kier molecular flexibility index (Phi) is 6.15.